The minimum atomic E-state index is -0.186. The highest BCUT2D eigenvalue weighted by Gasteiger charge is 2.21. The molecule has 1 aromatic heterocycles. The fourth-order valence-corrected chi connectivity index (χ4v) is 3.37. The third-order valence-electron chi connectivity index (χ3n) is 3.27. The molecule has 0 bridgehead atoms. The van der Waals surface area contributed by atoms with Crippen LogP contribution in [0.2, 0.25) is 0 Å². The van der Waals surface area contributed by atoms with Crippen LogP contribution in [-0.2, 0) is 24.1 Å². The predicted octanol–water partition coefficient (Wildman–Crippen LogP) is 0.853. The Bertz CT molecular complexity index is 488. The molecule has 0 unspecified atom stereocenters. The Hall–Kier alpha value is -0.850. The molecule has 0 saturated carbocycles. The molecule has 0 aliphatic heterocycles. The minimum absolute atomic E-state index is 0.103. The van der Waals surface area contributed by atoms with E-state index in [9.17, 15) is 4.79 Å². The molecule has 0 saturated heterocycles. The fourth-order valence-electron chi connectivity index (χ4n) is 2.39. The number of hydrogen-bond acceptors (Lipinski definition) is 5. The van der Waals surface area contributed by atoms with E-state index in [0.29, 0.717) is 19.6 Å². The molecule has 0 fully saturated rings. The summed E-state index contributed by atoms with van der Waals surface area (Å²) in [4.78, 5) is 16.3. The standard InChI is InChI=1S/C13H20N2O3S/c1-18-8-9-19-12-10-4-2-5-11(10)15(6-3-7-16)13(17)14-12/h16H,2-9H2,1H3. The topological polar surface area (TPSA) is 64.3 Å². The van der Waals surface area contributed by atoms with Crippen molar-refractivity contribution in [1.29, 1.82) is 0 Å². The molecule has 0 spiro atoms. The highest BCUT2D eigenvalue weighted by Crippen LogP contribution is 2.29. The first-order valence-electron chi connectivity index (χ1n) is 6.63. The maximum Gasteiger partial charge on any atom is 0.348 e. The van der Waals surface area contributed by atoms with Crippen LogP contribution in [0.3, 0.4) is 0 Å². The van der Waals surface area contributed by atoms with Crippen molar-refractivity contribution < 1.29 is 9.84 Å². The average Bonchev–Trinajstić information content (AvgIpc) is 2.87. The third-order valence-corrected chi connectivity index (χ3v) is 4.25. The highest BCUT2D eigenvalue weighted by atomic mass is 32.2. The number of thioether (sulfide) groups is 1. The Morgan fingerprint density at radius 3 is 3.05 bits per heavy atom. The van der Waals surface area contributed by atoms with E-state index in [1.165, 1.54) is 5.56 Å². The van der Waals surface area contributed by atoms with Gasteiger partial charge in [0.25, 0.3) is 0 Å². The lowest BCUT2D eigenvalue weighted by atomic mass is 10.2. The molecule has 0 radical (unpaired) electrons. The lowest BCUT2D eigenvalue weighted by Gasteiger charge is -2.13. The molecule has 19 heavy (non-hydrogen) atoms. The van der Waals surface area contributed by atoms with Gasteiger partial charge in [-0.25, -0.2) is 4.79 Å². The zero-order valence-electron chi connectivity index (χ0n) is 11.2. The van der Waals surface area contributed by atoms with Crippen LogP contribution in [0.25, 0.3) is 0 Å². The Kier molecular flexibility index (Phi) is 5.42. The van der Waals surface area contributed by atoms with Crippen molar-refractivity contribution in [3.05, 3.63) is 21.7 Å². The van der Waals surface area contributed by atoms with Gasteiger partial charge in [0, 0.05) is 37.3 Å². The quantitative estimate of drug-likeness (QED) is 0.457. The molecule has 1 N–H and O–H groups in total. The number of aliphatic hydroxyl groups is 1. The SMILES string of the molecule is COCCSc1nc(=O)n(CCCO)c2c1CCC2. The van der Waals surface area contributed by atoms with Gasteiger partial charge in [-0.1, -0.05) is 0 Å². The Balaban J connectivity index is 2.25. The van der Waals surface area contributed by atoms with Crippen molar-refractivity contribution >= 4 is 11.8 Å². The summed E-state index contributed by atoms with van der Waals surface area (Å²) in [6.45, 7) is 1.33. The van der Waals surface area contributed by atoms with E-state index < -0.39 is 0 Å². The number of rotatable bonds is 7. The van der Waals surface area contributed by atoms with Crippen LogP contribution in [-0.4, -0.2) is 40.7 Å². The second-order valence-electron chi connectivity index (χ2n) is 4.55. The van der Waals surface area contributed by atoms with E-state index in [4.69, 9.17) is 9.84 Å². The van der Waals surface area contributed by atoms with Gasteiger partial charge in [0.05, 0.1) is 6.61 Å². The molecule has 6 heteroatoms. The van der Waals surface area contributed by atoms with E-state index in [0.717, 1.165) is 35.7 Å². The molecule has 1 aliphatic carbocycles. The highest BCUT2D eigenvalue weighted by molar-refractivity contribution is 7.99. The van der Waals surface area contributed by atoms with Crippen molar-refractivity contribution in [2.24, 2.45) is 0 Å². The Morgan fingerprint density at radius 1 is 1.47 bits per heavy atom. The van der Waals surface area contributed by atoms with Gasteiger partial charge in [-0.3, -0.25) is 4.57 Å². The van der Waals surface area contributed by atoms with E-state index in [1.54, 1.807) is 23.4 Å². The average molecular weight is 284 g/mol. The zero-order chi connectivity index (χ0) is 13.7. The molecule has 5 nitrogen and oxygen atoms in total. The molecule has 2 rings (SSSR count). The largest absolute Gasteiger partial charge is 0.396 e. The molecule has 1 heterocycles. The van der Waals surface area contributed by atoms with Crippen molar-refractivity contribution in [3.63, 3.8) is 0 Å². The summed E-state index contributed by atoms with van der Waals surface area (Å²) >= 11 is 1.60. The van der Waals surface area contributed by atoms with Crippen LogP contribution in [0.1, 0.15) is 24.1 Å². The number of aliphatic hydroxyl groups excluding tert-OH is 1. The van der Waals surface area contributed by atoms with Crippen molar-refractivity contribution in [3.8, 4) is 0 Å². The van der Waals surface area contributed by atoms with Crippen molar-refractivity contribution in [2.45, 2.75) is 37.3 Å². The summed E-state index contributed by atoms with van der Waals surface area (Å²) in [5, 5.41) is 9.78. The summed E-state index contributed by atoms with van der Waals surface area (Å²) in [7, 11) is 1.67. The summed E-state index contributed by atoms with van der Waals surface area (Å²) in [6, 6.07) is 0. The first-order chi connectivity index (χ1) is 9.27. The van der Waals surface area contributed by atoms with Gasteiger partial charge in [-0.2, -0.15) is 4.98 Å². The van der Waals surface area contributed by atoms with Gasteiger partial charge < -0.3 is 9.84 Å². The van der Waals surface area contributed by atoms with Crippen LogP contribution in [0.4, 0.5) is 0 Å². The molecule has 0 amide bonds. The molecular weight excluding hydrogens is 264 g/mol. The lowest BCUT2D eigenvalue weighted by Crippen LogP contribution is -2.27. The summed E-state index contributed by atoms with van der Waals surface area (Å²) in [6.07, 6.45) is 3.62. The van der Waals surface area contributed by atoms with Gasteiger partial charge in [0.15, 0.2) is 0 Å². The van der Waals surface area contributed by atoms with E-state index in [2.05, 4.69) is 4.98 Å². The maximum atomic E-state index is 12.1. The number of methoxy groups -OCH3 is 1. The number of aromatic nitrogens is 2. The first kappa shape index (κ1) is 14.6. The second-order valence-corrected chi connectivity index (χ2v) is 5.63. The molecule has 0 atom stereocenters. The van der Waals surface area contributed by atoms with Crippen LogP contribution in [0, 0.1) is 0 Å². The monoisotopic (exact) mass is 284 g/mol. The number of nitrogens with zero attached hydrogens (tertiary/aromatic N) is 2. The smallest absolute Gasteiger partial charge is 0.348 e. The number of ether oxygens (including phenoxy) is 1. The Morgan fingerprint density at radius 2 is 2.32 bits per heavy atom. The van der Waals surface area contributed by atoms with Gasteiger partial charge in [-0.15, -0.1) is 11.8 Å². The first-order valence-corrected chi connectivity index (χ1v) is 7.61. The van der Waals surface area contributed by atoms with Gasteiger partial charge in [0.1, 0.15) is 5.03 Å². The summed E-state index contributed by atoms with van der Waals surface area (Å²) < 4.78 is 6.77. The van der Waals surface area contributed by atoms with Gasteiger partial charge in [0.2, 0.25) is 0 Å². The summed E-state index contributed by atoms with van der Waals surface area (Å²) in [5.41, 5.74) is 2.15. The lowest BCUT2D eigenvalue weighted by molar-refractivity contribution is 0.218. The van der Waals surface area contributed by atoms with Crippen molar-refractivity contribution in [2.75, 3.05) is 26.1 Å². The van der Waals surface area contributed by atoms with Crippen LogP contribution in [0.5, 0.6) is 0 Å². The van der Waals surface area contributed by atoms with Gasteiger partial charge in [-0.05, 0) is 25.7 Å². The normalized spacial score (nSPS) is 13.8. The minimum Gasteiger partial charge on any atom is -0.396 e. The van der Waals surface area contributed by atoms with E-state index in [1.807, 2.05) is 0 Å². The molecule has 106 valence electrons. The maximum absolute atomic E-state index is 12.1. The number of hydrogen-bond donors (Lipinski definition) is 1. The molecular formula is C13H20N2O3S. The molecule has 1 aliphatic rings. The van der Waals surface area contributed by atoms with Crippen LogP contribution in [0.15, 0.2) is 9.82 Å². The zero-order valence-corrected chi connectivity index (χ0v) is 12.0. The molecule has 0 aromatic carbocycles. The van der Waals surface area contributed by atoms with Crippen LogP contribution < -0.4 is 5.69 Å². The molecule has 1 aromatic rings. The Labute approximate surface area is 117 Å². The van der Waals surface area contributed by atoms with Crippen molar-refractivity contribution in [1.82, 2.24) is 9.55 Å². The van der Waals surface area contributed by atoms with E-state index in [-0.39, 0.29) is 12.3 Å². The fraction of sp³-hybridized carbons (Fsp3) is 0.692. The van der Waals surface area contributed by atoms with Crippen LogP contribution >= 0.6 is 11.8 Å². The van der Waals surface area contributed by atoms with E-state index >= 15 is 0 Å². The third kappa shape index (κ3) is 3.38. The van der Waals surface area contributed by atoms with Gasteiger partial charge >= 0.3 is 5.69 Å². The summed E-state index contributed by atoms with van der Waals surface area (Å²) in [5.74, 6) is 0.816. The number of fused-ring (bicyclic) bond motifs is 1. The second kappa shape index (κ2) is 7.07. The predicted molar refractivity (Wildman–Crippen MR) is 74.8 cm³/mol.